The molecule has 0 aliphatic carbocycles. The van der Waals surface area contributed by atoms with Crippen LogP contribution < -0.4 is 10.2 Å². The minimum atomic E-state index is -4.39. The van der Waals surface area contributed by atoms with Gasteiger partial charge in [-0.2, -0.15) is 13.2 Å². The fourth-order valence-electron chi connectivity index (χ4n) is 1.76. The van der Waals surface area contributed by atoms with Crippen LogP contribution in [0.4, 0.5) is 24.8 Å². The van der Waals surface area contributed by atoms with E-state index in [1.54, 1.807) is 11.9 Å². The molecule has 0 radical (unpaired) electrons. The summed E-state index contributed by atoms with van der Waals surface area (Å²) in [7, 11) is 3.24. The summed E-state index contributed by atoms with van der Waals surface area (Å²) in [5.41, 5.74) is -0.714. The van der Waals surface area contributed by atoms with Gasteiger partial charge >= 0.3 is 6.18 Å². The lowest BCUT2D eigenvalue weighted by Crippen LogP contribution is -2.21. The van der Waals surface area contributed by atoms with Gasteiger partial charge in [-0.1, -0.05) is 0 Å². The summed E-state index contributed by atoms with van der Waals surface area (Å²) in [6.45, 7) is 0.729. The Bertz CT molecular complexity index is 424. The van der Waals surface area contributed by atoms with E-state index >= 15 is 0 Å². The third-order valence-corrected chi connectivity index (χ3v) is 2.94. The number of nitrogens with zero attached hydrogens (tertiary/aromatic N) is 2. The van der Waals surface area contributed by atoms with Crippen molar-refractivity contribution in [3.8, 4) is 0 Å². The van der Waals surface area contributed by atoms with E-state index in [1.165, 1.54) is 7.05 Å². The first-order chi connectivity index (χ1) is 9.38. The first-order valence-corrected chi connectivity index (χ1v) is 6.47. The number of aliphatic hydroxyl groups is 1. The molecule has 0 spiro atoms. The minimum Gasteiger partial charge on any atom is -0.396 e. The van der Waals surface area contributed by atoms with Crippen LogP contribution >= 0.6 is 0 Å². The van der Waals surface area contributed by atoms with Gasteiger partial charge in [-0.25, -0.2) is 4.98 Å². The Morgan fingerprint density at radius 1 is 1.25 bits per heavy atom. The third-order valence-electron chi connectivity index (χ3n) is 2.94. The largest absolute Gasteiger partial charge is 0.416 e. The van der Waals surface area contributed by atoms with Crippen LogP contribution in [0, 0.1) is 0 Å². The van der Waals surface area contributed by atoms with Crippen molar-refractivity contribution >= 4 is 11.6 Å². The molecule has 20 heavy (non-hydrogen) atoms. The summed E-state index contributed by atoms with van der Waals surface area (Å²) >= 11 is 0. The molecule has 0 unspecified atom stereocenters. The van der Waals surface area contributed by atoms with E-state index in [2.05, 4.69) is 10.3 Å². The van der Waals surface area contributed by atoms with Crippen molar-refractivity contribution in [2.45, 2.75) is 25.4 Å². The van der Waals surface area contributed by atoms with Crippen LogP contribution in [-0.2, 0) is 6.18 Å². The number of nitrogens with one attached hydrogen (secondary N) is 1. The molecule has 0 aromatic carbocycles. The Labute approximate surface area is 116 Å². The fourth-order valence-corrected chi connectivity index (χ4v) is 1.76. The second-order valence-electron chi connectivity index (χ2n) is 4.55. The van der Waals surface area contributed by atoms with Crippen LogP contribution in [-0.4, -0.2) is 37.3 Å². The zero-order chi connectivity index (χ0) is 15.2. The van der Waals surface area contributed by atoms with Crippen LogP contribution in [0.5, 0.6) is 0 Å². The highest BCUT2D eigenvalue weighted by Gasteiger charge is 2.31. The van der Waals surface area contributed by atoms with E-state index < -0.39 is 11.7 Å². The first kappa shape index (κ1) is 16.6. The van der Waals surface area contributed by atoms with E-state index in [-0.39, 0.29) is 18.2 Å². The van der Waals surface area contributed by atoms with Crippen molar-refractivity contribution in [1.29, 1.82) is 0 Å². The zero-order valence-corrected chi connectivity index (χ0v) is 11.7. The molecule has 1 aromatic heterocycles. The molecular weight excluding hydrogens is 271 g/mol. The van der Waals surface area contributed by atoms with Crippen molar-refractivity contribution in [3.63, 3.8) is 0 Å². The van der Waals surface area contributed by atoms with E-state index in [0.717, 1.165) is 25.0 Å². The average molecular weight is 291 g/mol. The SMILES string of the molecule is CNc1cc(C(F)(F)F)cc(N(C)CCCCCO)n1. The lowest BCUT2D eigenvalue weighted by Gasteiger charge is -2.20. The van der Waals surface area contributed by atoms with Gasteiger partial charge in [0.15, 0.2) is 0 Å². The Morgan fingerprint density at radius 2 is 1.95 bits per heavy atom. The van der Waals surface area contributed by atoms with Crippen molar-refractivity contribution in [2.75, 3.05) is 37.5 Å². The van der Waals surface area contributed by atoms with Gasteiger partial charge in [0.05, 0.1) is 5.56 Å². The van der Waals surface area contributed by atoms with Gasteiger partial charge in [-0.15, -0.1) is 0 Å². The Hall–Kier alpha value is -1.50. The predicted molar refractivity (Wildman–Crippen MR) is 73.0 cm³/mol. The number of anilines is 2. The fraction of sp³-hybridized carbons (Fsp3) is 0.615. The Balaban J connectivity index is 2.82. The normalized spacial score (nSPS) is 11.5. The van der Waals surface area contributed by atoms with Gasteiger partial charge < -0.3 is 15.3 Å². The van der Waals surface area contributed by atoms with E-state index in [9.17, 15) is 13.2 Å². The summed E-state index contributed by atoms with van der Waals surface area (Å²) in [5.74, 6) is 0.477. The molecule has 0 saturated heterocycles. The molecule has 7 heteroatoms. The molecule has 1 aromatic rings. The summed E-state index contributed by atoms with van der Waals surface area (Å²) in [5, 5.41) is 11.3. The molecular formula is C13H20F3N3O. The molecule has 4 nitrogen and oxygen atoms in total. The maximum absolute atomic E-state index is 12.8. The number of rotatable bonds is 7. The Kier molecular flexibility index (Phi) is 6.06. The molecule has 114 valence electrons. The van der Waals surface area contributed by atoms with Gasteiger partial charge in [0, 0.05) is 27.2 Å². The van der Waals surface area contributed by atoms with Crippen LogP contribution in [0.2, 0.25) is 0 Å². The molecule has 0 saturated carbocycles. The smallest absolute Gasteiger partial charge is 0.396 e. The van der Waals surface area contributed by atoms with Crippen LogP contribution in [0.15, 0.2) is 12.1 Å². The second-order valence-corrected chi connectivity index (χ2v) is 4.55. The van der Waals surface area contributed by atoms with Gasteiger partial charge in [0.1, 0.15) is 11.6 Å². The summed E-state index contributed by atoms with van der Waals surface area (Å²) < 4.78 is 38.4. The molecule has 0 fully saturated rings. The average Bonchev–Trinajstić information content (AvgIpc) is 2.41. The van der Waals surface area contributed by atoms with Gasteiger partial charge in [-0.05, 0) is 31.4 Å². The van der Waals surface area contributed by atoms with Gasteiger partial charge in [0.25, 0.3) is 0 Å². The van der Waals surface area contributed by atoms with Crippen molar-refractivity contribution in [2.24, 2.45) is 0 Å². The number of halogens is 3. The van der Waals surface area contributed by atoms with Crippen LogP contribution in [0.1, 0.15) is 24.8 Å². The number of unbranched alkanes of at least 4 members (excludes halogenated alkanes) is 2. The van der Waals surface area contributed by atoms with E-state index in [4.69, 9.17) is 5.11 Å². The van der Waals surface area contributed by atoms with Gasteiger partial charge in [-0.3, -0.25) is 0 Å². The van der Waals surface area contributed by atoms with E-state index in [0.29, 0.717) is 13.0 Å². The quantitative estimate of drug-likeness (QED) is 0.758. The third kappa shape index (κ3) is 4.88. The van der Waals surface area contributed by atoms with Crippen LogP contribution in [0.25, 0.3) is 0 Å². The number of hydrogen-bond donors (Lipinski definition) is 2. The van der Waals surface area contributed by atoms with Gasteiger partial charge in [0.2, 0.25) is 0 Å². The zero-order valence-electron chi connectivity index (χ0n) is 11.7. The topological polar surface area (TPSA) is 48.4 Å². The lowest BCUT2D eigenvalue weighted by atomic mass is 10.2. The number of aliphatic hydroxyl groups excluding tert-OH is 1. The maximum atomic E-state index is 12.8. The number of pyridine rings is 1. The monoisotopic (exact) mass is 291 g/mol. The highest BCUT2D eigenvalue weighted by Crippen LogP contribution is 2.32. The maximum Gasteiger partial charge on any atom is 0.416 e. The molecule has 0 amide bonds. The molecule has 0 aliphatic heterocycles. The summed E-state index contributed by atoms with van der Waals surface area (Å²) in [4.78, 5) is 5.82. The number of aromatic nitrogens is 1. The predicted octanol–water partition coefficient (Wildman–Crippen LogP) is 2.74. The molecule has 0 aliphatic rings. The first-order valence-electron chi connectivity index (χ1n) is 6.47. The minimum absolute atomic E-state index is 0.134. The molecule has 0 atom stereocenters. The number of hydrogen-bond acceptors (Lipinski definition) is 4. The number of alkyl halides is 3. The van der Waals surface area contributed by atoms with Crippen molar-refractivity contribution in [1.82, 2.24) is 4.98 Å². The highest BCUT2D eigenvalue weighted by molar-refractivity contribution is 5.50. The molecule has 1 rings (SSSR count). The van der Waals surface area contributed by atoms with Crippen molar-refractivity contribution < 1.29 is 18.3 Å². The molecule has 1 heterocycles. The molecule has 2 N–H and O–H groups in total. The highest BCUT2D eigenvalue weighted by atomic mass is 19.4. The second kappa shape index (κ2) is 7.33. The summed E-state index contributed by atoms with van der Waals surface area (Å²) in [6.07, 6.45) is -2.06. The van der Waals surface area contributed by atoms with Crippen LogP contribution in [0.3, 0.4) is 0 Å². The Morgan fingerprint density at radius 3 is 2.50 bits per heavy atom. The van der Waals surface area contributed by atoms with Crippen molar-refractivity contribution in [3.05, 3.63) is 17.7 Å². The lowest BCUT2D eigenvalue weighted by molar-refractivity contribution is -0.137. The summed E-state index contributed by atoms with van der Waals surface area (Å²) in [6, 6.07) is 2.04. The van der Waals surface area contributed by atoms with E-state index in [1.807, 2.05) is 0 Å². The standard InChI is InChI=1S/C13H20F3N3O/c1-17-11-8-10(13(14,15)16)9-12(18-11)19(2)6-4-3-5-7-20/h8-9,20H,3-7H2,1-2H3,(H,17,18). The molecule has 0 bridgehead atoms.